The van der Waals surface area contributed by atoms with Crippen molar-refractivity contribution in [1.29, 1.82) is 0 Å². The molecule has 1 unspecified atom stereocenters. The molecule has 0 bridgehead atoms. The molecular weight excluding hydrogens is 236 g/mol. The van der Waals surface area contributed by atoms with Gasteiger partial charge in [0.2, 0.25) is 0 Å². The molecular formula is C17H18O2. The Hall–Kier alpha value is -2.09. The fraction of sp³-hybridized carbons (Fsp3) is 0.235. The first kappa shape index (κ1) is 13.3. The minimum atomic E-state index is -0.284. The fourth-order valence-electron chi connectivity index (χ4n) is 1.82. The van der Waals surface area contributed by atoms with Gasteiger partial charge in [-0.25, -0.2) is 4.79 Å². The molecule has 0 aliphatic heterocycles. The summed E-state index contributed by atoms with van der Waals surface area (Å²) >= 11 is 0. The second kappa shape index (κ2) is 5.70. The highest BCUT2D eigenvalue weighted by atomic mass is 16.5. The number of carbonyl (C=O) groups excluding carboxylic acids is 1. The third-order valence-corrected chi connectivity index (χ3v) is 3.12. The van der Waals surface area contributed by atoms with Crippen LogP contribution in [0.2, 0.25) is 0 Å². The summed E-state index contributed by atoms with van der Waals surface area (Å²) in [4.78, 5) is 12.0. The largest absolute Gasteiger partial charge is 0.454 e. The molecule has 0 saturated heterocycles. The van der Waals surface area contributed by atoms with E-state index in [-0.39, 0.29) is 12.1 Å². The monoisotopic (exact) mass is 254 g/mol. The first-order valence-corrected chi connectivity index (χ1v) is 6.40. The lowest BCUT2D eigenvalue weighted by Crippen LogP contribution is -2.09. The Morgan fingerprint density at radius 2 is 1.37 bits per heavy atom. The minimum absolute atomic E-state index is 0.241. The van der Waals surface area contributed by atoms with Gasteiger partial charge >= 0.3 is 5.97 Å². The van der Waals surface area contributed by atoms with Crippen LogP contribution >= 0.6 is 0 Å². The predicted octanol–water partition coefficient (Wildman–Crippen LogP) is 4.22. The molecule has 2 aromatic carbocycles. The van der Waals surface area contributed by atoms with Gasteiger partial charge in [-0.15, -0.1) is 0 Å². The SMILES string of the molecule is Cc1ccc(C(=O)OC(C)c2ccc(C)cc2)cc1. The van der Waals surface area contributed by atoms with Crippen LogP contribution in [0.1, 0.15) is 40.1 Å². The van der Waals surface area contributed by atoms with E-state index < -0.39 is 0 Å². The summed E-state index contributed by atoms with van der Waals surface area (Å²) in [6.07, 6.45) is -0.241. The van der Waals surface area contributed by atoms with E-state index >= 15 is 0 Å². The Morgan fingerprint density at radius 1 is 0.895 bits per heavy atom. The topological polar surface area (TPSA) is 26.3 Å². The molecule has 0 aliphatic carbocycles. The minimum Gasteiger partial charge on any atom is -0.454 e. The van der Waals surface area contributed by atoms with Gasteiger partial charge in [0.15, 0.2) is 0 Å². The standard InChI is InChI=1S/C17H18O2/c1-12-4-8-15(9-5-12)14(3)19-17(18)16-10-6-13(2)7-11-16/h4-11,14H,1-3H3. The van der Waals surface area contributed by atoms with Crippen molar-refractivity contribution in [2.24, 2.45) is 0 Å². The summed E-state index contributed by atoms with van der Waals surface area (Å²) < 4.78 is 5.46. The van der Waals surface area contributed by atoms with E-state index in [0.29, 0.717) is 5.56 Å². The third-order valence-electron chi connectivity index (χ3n) is 3.12. The summed E-state index contributed by atoms with van der Waals surface area (Å²) in [6.45, 7) is 5.91. The normalized spacial score (nSPS) is 11.9. The van der Waals surface area contributed by atoms with Gasteiger partial charge in [-0.2, -0.15) is 0 Å². The zero-order valence-corrected chi connectivity index (χ0v) is 11.5. The van der Waals surface area contributed by atoms with Crippen LogP contribution in [0, 0.1) is 13.8 Å². The highest BCUT2D eigenvalue weighted by Gasteiger charge is 2.13. The molecule has 2 nitrogen and oxygen atoms in total. The lowest BCUT2D eigenvalue weighted by atomic mass is 10.1. The maximum Gasteiger partial charge on any atom is 0.338 e. The molecule has 2 rings (SSSR count). The van der Waals surface area contributed by atoms with Crippen molar-refractivity contribution in [3.8, 4) is 0 Å². The van der Waals surface area contributed by atoms with Crippen LogP contribution in [-0.4, -0.2) is 5.97 Å². The average molecular weight is 254 g/mol. The van der Waals surface area contributed by atoms with Gasteiger partial charge in [-0.1, -0.05) is 47.5 Å². The van der Waals surface area contributed by atoms with Gasteiger partial charge in [0, 0.05) is 0 Å². The Morgan fingerprint density at radius 3 is 1.89 bits per heavy atom. The number of rotatable bonds is 3. The first-order valence-electron chi connectivity index (χ1n) is 6.40. The summed E-state index contributed by atoms with van der Waals surface area (Å²) in [5, 5.41) is 0. The smallest absolute Gasteiger partial charge is 0.338 e. The van der Waals surface area contributed by atoms with Crippen LogP contribution < -0.4 is 0 Å². The maximum atomic E-state index is 12.0. The first-order chi connectivity index (χ1) is 9.06. The number of hydrogen-bond acceptors (Lipinski definition) is 2. The third kappa shape index (κ3) is 3.44. The number of aryl methyl sites for hydroxylation is 2. The van der Waals surface area contributed by atoms with Gasteiger partial charge < -0.3 is 4.74 Å². The van der Waals surface area contributed by atoms with Gasteiger partial charge in [0.25, 0.3) is 0 Å². The van der Waals surface area contributed by atoms with E-state index in [4.69, 9.17) is 4.74 Å². The van der Waals surface area contributed by atoms with Crippen molar-refractivity contribution in [1.82, 2.24) is 0 Å². The van der Waals surface area contributed by atoms with Gasteiger partial charge in [0.05, 0.1) is 5.56 Å². The molecule has 0 fully saturated rings. The highest BCUT2D eigenvalue weighted by molar-refractivity contribution is 5.89. The molecule has 1 atom stereocenters. The molecule has 0 N–H and O–H groups in total. The van der Waals surface area contributed by atoms with E-state index in [1.807, 2.05) is 57.2 Å². The van der Waals surface area contributed by atoms with Crippen LogP contribution in [0.5, 0.6) is 0 Å². The molecule has 0 saturated carbocycles. The van der Waals surface area contributed by atoms with E-state index in [1.54, 1.807) is 12.1 Å². The summed E-state index contributed by atoms with van der Waals surface area (Å²) in [7, 11) is 0. The summed E-state index contributed by atoms with van der Waals surface area (Å²) in [5.41, 5.74) is 3.92. The van der Waals surface area contributed by atoms with Crippen LogP contribution in [0.3, 0.4) is 0 Å². The number of esters is 1. The molecule has 2 heteroatoms. The predicted molar refractivity (Wildman–Crippen MR) is 76.2 cm³/mol. The average Bonchev–Trinajstić information content (AvgIpc) is 2.40. The molecule has 0 radical (unpaired) electrons. The number of benzene rings is 2. The molecule has 0 amide bonds. The van der Waals surface area contributed by atoms with Crippen LogP contribution in [-0.2, 0) is 4.74 Å². The van der Waals surface area contributed by atoms with Gasteiger partial charge in [0.1, 0.15) is 6.10 Å². The molecule has 2 aromatic rings. The van der Waals surface area contributed by atoms with Crippen LogP contribution in [0.25, 0.3) is 0 Å². The Kier molecular flexibility index (Phi) is 4.00. The van der Waals surface area contributed by atoms with Crippen molar-refractivity contribution in [3.63, 3.8) is 0 Å². The Labute approximate surface area is 114 Å². The maximum absolute atomic E-state index is 12.0. The molecule has 0 aromatic heterocycles. The zero-order chi connectivity index (χ0) is 13.8. The molecule has 0 aliphatic rings. The number of ether oxygens (including phenoxy) is 1. The van der Waals surface area contributed by atoms with Crippen molar-refractivity contribution in [3.05, 3.63) is 70.8 Å². The summed E-state index contributed by atoms with van der Waals surface area (Å²) in [5.74, 6) is -0.284. The fourth-order valence-corrected chi connectivity index (χ4v) is 1.82. The van der Waals surface area contributed by atoms with Crippen LogP contribution in [0.4, 0.5) is 0 Å². The lowest BCUT2D eigenvalue weighted by molar-refractivity contribution is 0.0338. The lowest BCUT2D eigenvalue weighted by Gasteiger charge is -2.14. The van der Waals surface area contributed by atoms with E-state index in [0.717, 1.165) is 11.1 Å². The zero-order valence-electron chi connectivity index (χ0n) is 11.5. The molecule has 98 valence electrons. The van der Waals surface area contributed by atoms with Gasteiger partial charge in [-0.3, -0.25) is 0 Å². The second-order valence-electron chi connectivity index (χ2n) is 4.82. The quantitative estimate of drug-likeness (QED) is 0.766. The van der Waals surface area contributed by atoms with Crippen molar-refractivity contribution >= 4 is 5.97 Å². The highest BCUT2D eigenvalue weighted by Crippen LogP contribution is 2.19. The van der Waals surface area contributed by atoms with E-state index in [2.05, 4.69) is 0 Å². The van der Waals surface area contributed by atoms with Gasteiger partial charge in [-0.05, 0) is 38.5 Å². The second-order valence-corrected chi connectivity index (χ2v) is 4.82. The summed E-state index contributed by atoms with van der Waals surface area (Å²) in [6, 6.07) is 15.4. The van der Waals surface area contributed by atoms with E-state index in [9.17, 15) is 4.79 Å². The van der Waals surface area contributed by atoms with Crippen molar-refractivity contribution < 1.29 is 9.53 Å². The molecule has 0 heterocycles. The number of carbonyl (C=O) groups is 1. The number of hydrogen-bond donors (Lipinski definition) is 0. The molecule has 19 heavy (non-hydrogen) atoms. The van der Waals surface area contributed by atoms with Crippen LogP contribution in [0.15, 0.2) is 48.5 Å². The van der Waals surface area contributed by atoms with Crippen molar-refractivity contribution in [2.75, 3.05) is 0 Å². The van der Waals surface area contributed by atoms with Crippen molar-refractivity contribution in [2.45, 2.75) is 26.9 Å². The van der Waals surface area contributed by atoms with E-state index in [1.165, 1.54) is 5.56 Å². The Bertz CT molecular complexity index is 553. The molecule has 0 spiro atoms. The Balaban J connectivity index is 2.06.